The van der Waals surface area contributed by atoms with Gasteiger partial charge in [0.25, 0.3) is 11.8 Å². The summed E-state index contributed by atoms with van der Waals surface area (Å²) in [6.07, 6.45) is 0.974. The number of hydrogen-bond acceptors (Lipinski definition) is 6. The van der Waals surface area contributed by atoms with Gasteiger partial charge in [-0.2, -0.15) is 0 Å². The van der Waals surface area contributed by atoms with Gasteiger partial charge in [-0.25, -0.2) is 4.98 Å². The van der Waals surface area contributed by atoms with Crippen molar-refractivity contribution in [2.24, 2.45) is 0 Å². The lowest BCUT2D eigenvalue weighted by molar-refractivity contribution is -0.252. The van der Waals surface area contributed by atoms with Gasteiger partial charge in [0.2, 0.25) is 0 Å². The molecule has 0 bridgehead atoms. The van der Waals surface area contributed by atoms with E-state index in [-0.39, 0.29) is 42.3 Å². The largest absolute Gasteiger partial charge is 0.392 e. The van der Waals surface area contributed by atoms with Crippen molar-refractivity contribution >= 4 is 35.0 Å². The van der Waals surface area contributed by atoms with E-state index >= 15 is 0 Å². The van der Waals surface area contributed by atoms with Crippen LogP contribution in [0.4, 0.5) is 0 Å². The number of halogens is 2. The highest BCUT2D eigenvalue weighted by Crippen LogP contribution is 2.39. The number of carbonyl (C=O) groups is 2. The van der Waals surface area contributed by atoms with E-state index in [1.165, 1.54) is 4.90 Å². The quantitative estimate of drug-likeness (QED) is 0.176. The van der Waals surface area contributed by atoms with E-state index in [0.717, 1.165) is 33.4 Å². The molecule has 3 atom stereocenters. The van der Waals surface area contributed by atoms with Crippen LogP contribution in [-0.2, 0) is 29.2 Å². The van der Waals surface area contributed by atoms with Crippen molar-refractivity contribution in [2.45, 2.75) is 44.6 Å². The van der Waals surface area contributed by atoms with Crippen LogP contribution in [0.25, 0.3) is 11.1 Å². The molecule has 1 fully saturated rings. The van der Waals surface area contributed by atoms with Crippen LogP contribution in [0.15, 0.2) is 103 Å². The molecule has 0 spiro atoms. The maximum Gasteiger partial charge on any atom is 0.261 e. The van der Waals surface area contributed by atoms with Crippen LogP contribution < -0.4 is 0 Å². The summed E-state index contributed by atoms with van der Waals surface area (Å²) < 4.78 is 14.7. The first-order valence-electron chi connectivity index (χ1n) is 14.9. The molecule has 7 rings (SSSR count). The minimum Gasteiger partial charge on any atom is -0.392 e. The van der Waals surface area contributed by atoms with E-state index in [9.17, 15) is 14.7 Å². The number of nitrogens with zero attached hydrogens (tertiary/aromatic N) is 3. The third-order valence-electron chi connectivity index (χ3n) is 8.47. The Hall–Kier alpha value is -4.31. The predicted octanol–water partition coefficient (Wildman–Crippen LogP) is 7.39. The monoisotopic (exact) mass is 653 g/mol. The second-order valence-electron chi connectivity index (χ2n) is 11.3. The molecule has 2 aliphatic rings. The fraction of sp³-hybridized carbons (Fsp3) is 0.194. The van der Waals surface area contributed by atoms with Crippen molar-refractivity contribution in [1.82, 2.24) is 14.5 Å². The number of aliphatic hydroxyl groups excluding tert-OH is 1. The van der Waals surface area contributed by atoms with E-state index in [4.69, 9.17) is 32.7 Å². The molecular formula is C36H29Cl2N3O5. The smallest absolute Gasteiger partial charge is 0.261 e. The Bertz CT molecular complexity index is 1870. The summed E-state index contributed by atoms with van der Waals surface area (Å²) in [5.41, 5.74) is 6.20. The molecule has 2 aliphatic heterocycles. The number of fused-ring (bicyclic) bond motifs is 1. The van der Waals surface area contributed by atoms with Gasteiger partial charge in [-0.1, -0.05) is 108 Å². The lowest BCUT2D eigenvalue weighted by Gasteiger charge is -2.36. The van der Waals surface area contributed by atoms with Crippen LogP contribution in [0.1, 0.15) is 61.8 Å². The van der Waals surface area contributed by atoms with E-state index in [2.05, 4.69) is 4.98 Å². The van der Waals surface area contributed by atoms with Crippen molar-refractivity contribution in [3.8, 4) is 11.1 Å². The lowest BCUT2D eigenvalue weighted by atomic mass is 9.97. The molecule has 8 nitrogen and oxygen atoms in total. The van der Waals surface area contributed by atoms with Crippen molar-refractivity contribution in [3.05, 3.63) is 147 Å². The number of amides is 2. The molecule has 0 radical (unpaired) electrons. The number of imide groups is 1. The molecule has 5 aromatic rings. The Kier molecular flexibility index (Phi) is 8.46. The number of aromatic nitrogens is 2. The Morgan fingerprint density at radius 2 is 1.41 bits per heavy atom. The van der Waals surface area contributed by atoms with Crippen LogP contribution >= 0.6 is 23.2 Å². The second kappa shape index (κ2) is 12.8. The van der Waals surface area contributed by atoms with Crippen LogP contribution in [-0.4, -0.2) is 37.5 Å². The number of rotatable bonds is 8. The lowest BCUT2D eigenvalue weighted by Crippen LogP contribution is -2.32. The molecule has 1 aromatic heterocycles. The summed E-state index contributed by atoms with van der Waals surface area (Å²) in [6, 6.07) is 30.3. The third-order valence-corrected chi connectivity index (χ3v) is 9.24. The fourth-order valence-corrected chi connectivity index (χ4v) is 6.35. The average molecular weight is 655 g/mol. The number of carbonyl (C=O) groups excluding carboxylic acids is 2. The number of hydrogen-bond donors (Lipinski definition) is 1. The van der Waals surface area contributed by atoms with Crippen molar-refractivity contribution in [1.29, 1.82) is 0 Å². The minimum absolute atomic E-state index is 0.0339. The highest BCUT2D eigenvalue weighted by Gasteiger charge is 2.36. The van der Waals surface area contributed by atoms with Crippen LogP contribution in [0.3, 0.4) is 0 Å². The molecule has 0 aliphatic carbocycles. The summed E-state index contributed by atoms with van der Waals surface area (Å²) in [5, 5.41) is 10.1. The van der Waals surface area contributed by atoms with Crippen LogP contribution in [0.5, 0.6) is 0 Å². The first-order valence-corrected chi connectivity index (χ1v) is 15.7. The Morgan fingerprint density at radius 1 is 0.783 bits per heavy atom. The average Bonchev–Trinajstić information content (AvgIpc) is 3.54. The third kappa shape index (κ3) is 5.86. The number of ether oxygens (including phenoxy) is 2. The van der Waals surface area contributed by atoms with Gasteiger partial charge in [0.15, 0.2) is 11.4 Å². The van der Waals surface area contributed by atoms with Gasteiger partial charge < -0.3 is 19.1 Å². The zero-order valence-corrected chi connectivity index (χ0v) is 26.1. The summed E-state index contributed by atoms with van der Waals surface area (Å²) in [6.45, 7) is 0.569. The summed E-state index contributed by atoms with van der Waals surface area (Å²) in [4.78, 5) is 31.5. The number of imidazole rings is 1. The molecule has 3 unspecified atom stereocenters. The summed E-state index contributed by atoms with van der Waals surface area (Å²) in [5.74, 6) is -0.571. The molecule has 232 valence electrons. The highest BCUT2D eigenvalue weighted by atomic mass is 35.5. The zero-order chi connectivity index (χ0) is 31.8. The van der Waals surface area contributed by atoms with E-state index in [0.29, 0.717) is 29.2 Å². The second-order valence-corrected chi connectivity index (χ2v) is 12.1. The van der Waals surface area contributed by atoms with Gasteiger partial charge in [-0.15, -0.1) is 0 Å². The van der Waals surface area contributed by atoms with Gasteiger partial charge in [0, 0.05) is 12.0 Å². The Labute approximate surface area is 275 Å². The molecule has 46 heavy (non-hydrogen) atoms. The van der Waals surface area contributed by atoms with E-state index < -0.39 is 6.29 Å². The van der Waals surface area contributed by atoms with Crippen molar-refractivity contribution < 1.29 is 24.2 Å². The summed E-state index contributed by atoms with van der Waals surface area (Å²) in [7, 11) is 0. The highest BCUT2D eigenvalue weighted by molar-refractivity contribution is 6.40. The maximum absolute atomic E-state index is 13.0. The zero-order valence-electron chi connectivity index (χ0n) is 24.6. The summed E-state index contributed by atoms with van der Waals surface area (Å²) >= 11 is 12.5. The number of aliphatic hydroxyl groups is 1. The first-order chi connectivity index (χ1) is 22.4. The van der Waals surface area contributed by atoms with Crippen LogP contribution in [0.2, 0.25) is 10.3 Å². The van der Waals surface area contributed by atoms with Gasteiger partial charge in [0.05, 0.1) is 49.4 Å². The molecule has 3 heterocycles. The standard InChI is InChI=1S/C36H29Cl2N3O5/c37-32-33(38)40(21-39-32)19-27-17-31(24-11-9-22(20-42)10-12-24)46-36(45-27)25-15-13-23(14-16-25)28-6-2-1-5-26(28)18-41-34(43)29-7-3-4-8-30(29)35(41)44/h1-16,21,27,31,36,42H,17-20H2. The molecule has 4 aromatic carbocycles. The van der Waals surface area contributed by atoms with E-state index in [1.54, 1.807) is 35.2 Å². The minimum atomic E-state index is -0.665. The molecule has 2 amide bonds. The normalized spacial score (nSPS) is 19.5. The first kappa shape index (κ1) is 30.3. The molecule has 1 N–H and O–H groups in total. The van der Waals surface area contributed by atoms with Gasteiger partial charge in [-0.05, 0) is 39.9 Å². The molecular weight excluding hydrogens is 625 g/mol. The van der Waals surface area contributed by atoms with Gasteiger partial charge >= 0.3 is 0 Å². The molecule has 0 saturated carbocycles. The van der Waals surface area contributed by atoms with Crippen molar-refractivity contribution in [2.75, 3.05) is 0 Å². The number of benzene rings is 4. The van der Waals surface area contributed by atoms with Crippen molar-refractivity contribution in [3.63, 3.8) is 0 Å². The maximum atomic E-state index is 13.0. The Morgan fingerprint density at radius 3 is 2.04 bits per heavy atom. The van der Waals surface area contributed by atoms with Crippen LogP contribution in [0, 0.1) is 0 Å². The Balaban J connectivity index is 1.14. The molecule has 10 heteroatoms. The predicted molar refractivity (Wildman–Crippen MR) is 173 cm³/mol. The topological polar surface area (TPSA) is 93.9 Å². The van der Waals surface area contributed by atoms with Gasteiger partial charge in [0.1, 0.15) is 5.15 Å². The molecule has 1 saturated heterocycles. The fourth-order valence-electron chi connectivity index (χ4n) is 6.04. The SMILES string of the molecule is O=C1c2ccccc2C(=O)N1Cc1ccccc1-c1ccc(C2OC(Cn3cnc(Cl)c3Cl)CC(c3ccc(CO)cc3)O2)cc1. The van der Waals surface area contributed by atoms with Gasteiger partial charge in [-0.3, -0.25) is 14.5 Å². The van der Waals surface area contributed by atoms with E-state index in [1.807, 2.05) is 72.8 Å².